The maximum atomic E-state index is 12.7. The molecule has 0 saturated carbocycles. The zero-order valence-corrected chi connectivity index (χ0v) is 47.2. The van der Waals surface area contributed by atoms with Crippen LogP contribution < -0.4 is 5.73 Å². The predicted octanol–water partition coefficient (Wildman–Crippen LogP) is 18.4. The molecular formula is C63H106NO8P. The van der Waals surface area contributed by atoms with E-state index in [1.165, 1.54) is 89.9 Å². The molecule has 0 rings (SSSR count). The average molecular weight is 1040 g/mol. The van der Waals surface area contributed by atoms with Crippen molar-refractivity contribution < 1.29 is 37.6 Å². The highest BCUT2D eigenvalue weighted by Gasteiger charge is 2.26. The van der Waals surface area contributed by atoms with Gasteiger partial charge in [0.05, 0.1) is 13.2 Å². The van der Waals surface area contributed by atoms with Crippen LogP contribution in [0.15, 0.2) is 122 Å². The molecule has 0 saturated heterocycles. The third-order valence-electron chi connectivity index (χ3n) is 11.8. The van der Waals surface area contributed by atoms with Gasteiger partial charge in [0.2, 0.25) is 0 Å². The molecule has 0 heterocycles. The Morgan fingerprint density at radius 2 is 0.712 bits per heavy atom. The van der Waals surface area contributed by atoms with Gasteiger partial charge in [0.25, 0.3) is 0 Å². The van der Waals surface area contributed by atoms with Gasteiger partial charge >= 0.3 is 19.8 Å². The van der Waals surface area contributed by atoms with Crippen molar-refractivity contribution in [3.05, 3.63) is 122 Å². The fourth-order valence-electron chi connectivity index (χ4n) is 7.63. The molecule has 9 nitrogen and oxygen atoms in total. The zero-order chi connectivity index (χ0) is 53.1. The third-order valence-corrected chi connectivity index (χ3v) is 12.8. The summed E-state index contributed by atoms with van der Waals surface area (Å²) in [5.41, 5.74) is 5.38. The summed E-state index contributed by atoms with van der Waals surface area (Å²) in [5.74, 6) is -0.861. The lowest BCUT2D eigenvalue weighted by Crippen LogP contribution is -2.29. The molecule has 2 unspecified atom stereocenters. The summed E-state index contributed by atoms with van der Waals surface area (Å²) in [6.07, 6.45) is 79.7. The number of allylic oxidation sites excluding steroid dienone is 20. The molecule has 0 aromatic heterocycles. The Bertz CT molecular complexity index is 1600. The fourth-order valence-corrected chi connectivity index (χ4v) is 8.40. The summed E-state index contributed by atoms with van der Waals surface area (Å²) < 4.78 is 33.0. The van der Waals surface area contributed by atoms with Crippen LogP contribution in [0, 0.1) is 0 Å². The van der Waals surface area contributed by atoms with Gasteiger partial charge in [-0.1, -0.05) is 238 Å². The minimum atomic E-state index is -4.40. The van der Waals surface area contributed by atoms with Crippen molar-refractivity contribution in [1.29, 1.82) is 0 Å². The number of ether oxygens (including phenoxy) is 2. The number of hydrogen-bond donors (Lipinski definition) is 2. The number of esters is 2. The Balaban J connectivity index is 4.02. The van der Waals surface area contributed by atoms with Gasteiger partial charge in [-0.3, -0.25) is 18.6 Å². The zero-order valence-electron chi connectivity index (χ0n) is 46.3. The van der Waals surface area contributed by atoms with Crippen molar-refractivity contribution in [1.82, 2.24) is 0 Å². The number of carbonyl (C=O) groups is 2. The van der Waals surface area contributed by atoms with E-state index in [9.17, 15) is 19.0 Å². The van der Waals surface area contributed by atoms with Gasteiger partial charge in [0.15, 0.2) is 6.10 Å². The normalized spacial score (nSPS) is 14.0. The summed E-state index contributed by atoms with van der Waals surface area (Å²) >= 11 is 0. The molecular weight excluding hydrogens is 930 g/mol. The van der Waals surface area contributed by atoms with Gasteiger partial charge in [-0.25, -0.2) is 4.57 Å². The average Bonchev–Trinajstić information content (AvgIpc) is 3.38. The molecule has 0 aromatic carbocycles. The van der Waals surface area contributed by atoms with Crippen LogP contribution >= 0.6 is 7.82 Å². The number of rotatable bonds is 53. The van der Waals surface area contributed by atoms with E-state index in [0.29, 0.717) is 6.42 Å². The first-order valence-corrected chi connectivity index (χ1v) is 30.5. The van der Waals surface area contributed by atoms with Crippen molar-refractivity contribution in [3.63, 3.8) is 0 Å². The number of hydrogen-bond acceptors (Lipinski definition) is 8. The summed E-state index contributed by atoms with van der Waals surface area (Å²) in [6.45, 7) is 3.48. The van der Waals surface area contributed by atoms with Gasteiger partial charge in [-0.15, -0.1) is 0 Å². The van der Waals surface area contributed by atoms with Crippen LogP contribution in [-0.2, 0) is 32.7 Å². The predicted molar refractivity (Wildman–Crippen MR) is 311 cm³/mol. The highest BCUT2D eigenvalue weighted by atomic mass is 31.2. The van der Waals surface area contributed by atoms with Gasteiger partial charge in [-0.05, 0) is 103 Å². The topological polar surface area (TPSA) is 134 Å². The van der Waals surface area contributed by atoms with Crippen molar-refractivity contribution in [2.24, 2.45) is 5.73 Å². The maximum Gasteiger partial charge on any atom is 0.472 e. The molecule has 0 fully saturated rings. The van der Waals surface area contributed by atoms with E-state index >= 15 is 0 Å². The van der Waals surface area contributed by atoms with E-state index in [2.05, 4.69) is 135 Å². The Morgan fingerprint density at radius 3 is 1.05 bits per heavy atom. The fraction of sp³-hybridized carbons (Fsp3) is 0.651. The Kier molecular flexibility index (Phi) is 54.8. The van der Waals surface area contributed by atoms with E-state index in [1.807, 2.05) is 0 Å². The lowest BCUT2D eigenvalue weighted by molar-refractivity contribution is -0.161. The first-order valence-electron chi connectivity index (χ1n) is 29.0. The minimum absolute atomic E-state index is 0.0431. The summed E-state index contributed by atoms with van der Waals surface area (Å²) in [6, 6.07) is 0. The van der Waals surface area contributed by atoms with Gasteiger partial charge < -0.3 is 20.1 Å². The second-order valence-electron chi connectivity index (χ2n) is 18.7. The van der Waals surface area contributed by atoms with Crippen molar-refractivity contribution in [2.75, 3.05) is 26.4 Å². The van der Waals surface area contributed by atoms with Crippen molar-refractivity contribution >= 4 is 19.8 Å². The van der Waals surface area contributed by atoms with Crippen LogP contribution in [0.25, 0.3) is 0 Å². The Labute approximate surface area is 447 Å². The molecule has 0 aliphatic carbocycles. The van der Waals surface area contributed by atoms with Gasteiger partial charge in [-0.2, -0.15) is 0 Å². The summed E-state index contributed by atoms with van der Waals surface area (Å²) in [4.78, 5) is 35.2. The number of phosphoric ester groups is 1. The van der Waals surface area contributed by atoms with Crippen molar-refractivity contribution in [3.8, 4) is 0 Å². The van der Waals surface area contributed by atoms with E-state index in [4.69, 9.17) is 24.3 Å². The first kappa shape index (κ1) is 69.4. The Hall–Kier alpha value is -3.59. The first-order chi connectivity index (χ1) is 35.8. The van der Waals surface area contributed by atoms with Gasteiger partial charge in [0.1, 0.15) is 6.61 Å². The molecule has 2 atom stereocenters. The number of nitrogens with two attached hydrogens (primary N) is 1. The highest BCUT2D eigenvalue weighted by molar-refractivity contribution is 7.47. The van der Waals surface area contributed by atoms with Gasteiger partial charge in [0, 0.05) is 19.4 Å². The van der Waals surface area contributed by atoms with Crippen LogP contribution in [0.2, 0.25) is 0 Å². The van der Waals surface area contributed by atoms with Crippen LogP contribution in [0.4, 0.5) is 0 Å². The van der Waals surface area contributed by atoms with E-state index in [-0.39, 0.29) is 32.6 Å². The second-order valence-corrected chi connectivity index (χ2v) is 20.2. The Morgan fingerprint density at radius 1 is 0.411 bits per heavy atom. The molecule has 0 aromatic rings. The van der Waals surface area contributed by atoms with E-state index in [0.717, 1.165) is 109 Å². The quantitative estimate of drug-likeness (QED) is 0.0264. The molecule has 3 N–H and O–H groups in total. The van der Waals surface area contributed by atoms with Crippen LogP contribution in [0.3, 0.4) is 0 Å². The van der Waals surface area contributed by atoms with Crippen LogP contribution in [0.5, 0.6) is 0 Å². The minimum Gasteiger partial charge on any atom is -0.462 e. The summed E-state index contributed by atoms with van der Waals surface area (Å²) in [5, 5.41) is 0. The standard InChI is InChI=1S/C63H106NO8P/c1-3-5-7-9-11-13-15-17-19-21-23-25-27-28-29-30-31-32-34-35-37-39-41-43-45-47-49-51-53-55-62(65)69-59-61(60-71-73(67,68)70-58-57-64)72-63(66)56-54-52-50-48-46-44-42-40-38-36-33-26-24-22-20-18-16-14-12-10-8-6-4-2/h5-8,11-14,17-20,23-26,36,38,42,44,61H,3-4,9-10,15-16,21-22,27-35,37,39-41,43,45-60,64H2,1-2H3,(H,67,68)/b7-5-,8-6-,13-11-,14-12-,19-17-,20-18-,25-23-,26-24-,38-36-,44-42-. The van der Waals surface area contributed by atoms with E-state index in [1.54, 1.807) is 0 Å². The van der Waals surface area contributed by atoms with E-state index < -0.39 is 32.5 Å². The molecule has 0 aliphatic heterocycles. The second kappa shape index (κ2) is 57.7. The monoisotopic (exact) mass is 1040 g/mol. The molecule has 10 heteroatoms. The highest BCUT2D eigenvalue weighted by Crippen LogP contribution is 2.43. The third kappa shape index (κ3) is 57.5. The lowest BCUT2D eigenvalue weighted by atomic mass is 10.0. The molecule has 0 amide bonds. The largest absolute Gasteiger partial charge is 0.472 e. The number of unbranched alkanes of at least 4 members (excludes halogenated alkanes) is 20. The molecule has 416 valence electrons. The molecule has 0 radical (unpaired) electrons. The van der Waals surface area contributed by atoms with Crippen LogP contribution in [-0.4, -0.2) is 49.3 Å². The number of phosphoric acid groups is 1. The maximum absolute atomic E-state index is 12.7. The van der Waals surface area contributed by atoms with Crippen molar-refractivity contribution in [2.45, 2.75) is 238 Å². The molecule has 0 spiro atoms. The van der Waals surface area contributed by atoms with Crippen LogP contribution in [0.1, 0.15) is 232 Å². The molecule has 73 heavy (non-hydrogen) atoms. The number of carbonyl (C=O) groups excluding carboxylic acids is 2. The summed E-state index contributed by atoms with van der Waals surface area (Å²) in [7, 11) is -4.40. The smallest absolute Gasteiger partial charge is 0.462 e. The molecule has 0 bridgehead atoms. The SMILES string of the molecule is CC/C=C\C/C=C\C/C=C\C/C=C\C/C=C\C/C=C\CCCCCCC(=O)OC(COC(=O)CCCCCCCCCCCCCCCCCC/C=C\C/C=C\C/C=C\C/C=C\CC)COP(=O)(O)OCCN. The molecule has 0 aliphatic rings. The lowest BCUT2D eigenvalue weighted by Gasteiger charge is -2.19.